The molecular formula is C15H15Cl3N2. The average molecular weight is 330 g/mol. The molecule has 2 aromatic carbocycles. The van der Waals surface area contributed by atoms with E-state index in [1.54, 1.807) is 12.1 Å². The molecule has 0 unspecified atom stereocenters. The van der Waals surface area contributed by atoms with Gasteiger partial charge in [-0.2, -0.15) is 0 Å². The second-order valence-electron chi connectivity index (χ2n) is 4.66. The van der Waals surface area contributed by atoms with Gasteiger partial charge in [-0.3, -0.25) is 0 Å². The lowest BCUT2D eigenvalue weighted by molar-refractivity contribution is 1.11. The molecule has 2 rings (SSSR count). The van der Waals surface area contributed by atoms with Crippen LogP contribution in [0.25, 0.3) is 0 Å². The molecule has 20 heavy (non-hydrogen) atoms. The molecular weight excluding hydrogens is 315 g/mol. The van der Waals surface area contributed by atoms with Crippen LogP contribution < -0.4 is 10.2 Å². The molecule has 0 amide bonds. The molecule has 1 N–H and O–H groups in total. The van der Waals surface area contributed by atoms with Crippen molar-refractivity contribution in [1.29, 1.82) is 0 Å². The van der Waals surface area contributed by atoms with Gasteiger partial charge in [-0.25, -0.2) is 0 Å². The number of hydrogen-bond donors (Lipinski definition) is 1. The van der Waals surface area contributed by atoms with Crippen molar-refractivity contribution in [1.82, 2.24) is 0 Å². The maximum atomic E-state index is 6.13. The molecule has 2 aromatic rings. The number of hydrogen-bond acceptors (Lipinski definition) is 2. The molecule has 0 aliphatic carbocycles. The molecule has 0 saturated carbocycles. The molecule has 0 saturated heterocycles. The fourth-order valence-electron chi connectivity index (χ4n) is 1.81. The zero-order chi connectivity index (χ0) is 14.7. The number of anilines is 2. The molecule has 2 nitrogen and oxygen atoms in total. The Bertz CT molecular complexity index is 572. The summed E-state index contributed by atoms with van der Waals surface area (Å²) < 4.78 is 0. The zero-order valence-corrected chi connectivity index (χ0v) is 13.5. The lowest BCUT2D eigenvalue weighted by Crippen LogP contribution is -2.08. The third-order valence-electron chi connectivity index (χ3n) is 2.93. The van der Waals surface area contributed by atoms with Crippen LogP contribution in [0.2, 0.25) is 15.1 Å². The lowest BCUT2D eigenvalue weighted by atomic mass is 10.2. The quantitative estimate of drug-likeness (QED) is 0.816. The summed E-state index contributed by atoms with van der Waals surface area (Å²) in [6, 6.07) is 11.6. The Morgan fingerprint density at radius 2 is 1.50 bits per heavy atom. The highest BCUT2D eigenvalue weighted by atomic mass is 35.5. The maximum absolute atomic E-state index is 6.13. The van der Waals surface area contributed by atoms with E-state index in [4.69, 9.17) is 34.8 Å². The van der Waals surface area contributed by atoms with Gasteiger partial charge in [0.1, 0.15) is 0 Å². The molecule has 0 atom stereocenters. The summed E-state index contributed by atoms with van der Waals surface area (Å²) >= 11 is 18.1. The number of nitrogens with zero attached hydrogens (tertiary/aromatic N) is 1. The van der Waals surface area contributed by atoms with Gasteiger partial charge in [-0.1, -0.05) is 46.9 Å². The van der Waals surface area contributed by atoms with E-state index in [1.165, 1.54) is 0 Å². The van der Waals surface area contributed by atoms with Crippen LogP contribution >= 0.6 is 34.8 Å². The standard InChI is InChI=1S/C15H15Cl3N2/c1-20(2)12-5-3-10(4-6-12)9-19-15-13(17)7-11(16)8-14(15)18/h3-8,19H,9H2,1-2H3. The minimum absolute atomic E-state index is 0.521. The summed E-state index contributed by atoms with van der Waals surface area (Å²) in [4.78, 5) is 2.06. The van der Waals surface area contributed by atoms with Crippen LogP contribution in [0.4, 0.5) is 11.4 Å². The highest BCUT2D eigenvalue weighted by Crippen LogP contribution is 2.33. The van der Waals surface area contributed by atoms with Crippen molar-refractivity contribution in [3.8, 4) is 0 Å². The van der Waals surface area contributed by atoms with E-state index in [0.717, 1.165) is 11.3 Å². The largest absolute Gasteiger partial charge is 0.379 e. The number of nitrogens with one attached hydrogen (secondary N) is 1. The number of rotatable bonds is 4. The monoisotopic (exact) mass is 328 g/mol. The van der Waals surface area contributed by atoms with E-state index in [1.807, 2.05) is 14.1 Å². The third-order valence-corrected chi connectivity index (χ3v) is 3.74. The predicted molar refractivity (Wildman–Crippen MR) is 89.6 cm³/mol. The van der Waals surface area contributed by atoms with Gasteiger partial charge in [0.05, 0.1) is 15.7 Å². The summed E-state index contributed by atoms with van der Waals surface area (Å²) in [5.74, 6) is 0. The van der Waals surface area contributed by atoms with Crippen molar-refractivity contribution in [2.24, 2.45) is 0 Å². The molecule has 0 aliphatic rings. The Hall–Kier alpha value is -1.09. The minimum Gasteiger partial charge on any atom is -0.379 e. The Kier molecular flexibility index (Phi) is 5.03. The van der Waals surface area contributed by atoms with Gasteiger partial charge in [-0.05, 0) is 29.8 Å². The van der Waals surface area contributed by atoms with Crippen molar-refractivity contribution in [2.75, 3.05) is 24.3 Å². The van der Waals surface area contributed by atoms with Gasteiger partial charge in [0.25, 0.3) is 0 Å². The summed E-state index contributed by atoms with van der Waals surface area (Å²) in [6.45, 7) is 0.648. The smallest absolute Gasteiger partial charge is 0.0722 e. The summed E-state index contributed by atoms with van der Waals surface area (Å²) in [6.07, 6.45) is 0. The van der Waals surface area contributed by atoms with Gasteiger partial charge >= 0.3 is 0 Å². The fourth-order valence-corrected chi connectivity index (χ4v) is 2.76. The van der Waals surface area contributed by atoms with Gasteiger partial charge in [0.2, 0.25) is 0 Å². The van der Waals surface area contributed by atoms with Crippen molar-refractivity contribution in [2.45, 2.75) is 6.54 Å². The second kappa shape index (κ2) is 6.57. The summed E-state index contributed by atoms with van der Waals surface area (Å²) in [7, 11) is 4.03. The van der Waals surface area contributed by atoms with Crippen molar-refractivity contribution < 1.29 is 0 Å². The van der Waals surface area contributed by atoms with Crippen LogP contribution in [0.1, 0.15) is 5.56 Å². The van der Waals surface area contributed by atoms with Gasteiger partial charge in [0, 0.05) is 31.4 Å². The molecule has 0 aromatic heterocycles. The Morgan fingerprint density at radius 3 is 2.00 bits per heavy atom. The van der Waals surface area contributed by atoms with E-state index in [0.29, 0.717) is 27.3 Å². The molecule has 0 radical (unpaired) electrons. The van der Waals surface area contributed by atoms with Gasteiger partial charge in [0.15, 0.2) is 0 Å². The van der Waals surface area contributed by atoms with Gasteiger partial charge < -0.3 is 10.2 Å². The van der Waals surface area contributed by atoms with E-state index < -0.39 is 0 Å². The molecule has 0 bridgehead atoms. The summed E-state index contributed by atoms with van der Waals surface area (Å²) in [5.41, 5.74) is 3.02. The highest BCUT2D eigenvalue weighted by Gasteiger charge is 2.07. The zero-order valence-electron chi connectivity index (χ0n) is 11.3. The van der Waals surface area contributed by atoms with Crippen LogP contribution in [-0.2, 0) is 6.54 Å². The van der Waals surface area contributed by atoms with Crippen LogP contribution in [0.3, 0.4) is 0 Å². The van der Waals surface area contributed by atoms with Crippen LogP contribution in [-0.4, -0.2) is 14.1 Å². The minimum atomic E-state index is 0.521. The van der Waals surface area contributed by atoms with Crippen LogP contribution in [0, 0.1) is 0 Å². The molecule has 106 valence electrons. The van der Waals surface area contributed by atoms with Crippen molar-refractivity contribution >= 4 is 46.2 Å². The second-order valence-corrected chi connectivity index (χ2v) is 5.91. The van der Waals surface area contributed by atoms with Crippen molar-refractivity contribution in [3.05, 3.63) is 57.0 Å². The first-order valence-electron chi connectivity index (χ1n) is 6.12. The van der Waals surface area contributed by atoms with Crippen molar-refractivity contribution in [3.63, 3.8) is 0 Å². The molecule has 0 heterocycles. The van der Waals surface area contributed by atoms with E-state index in [9.17, 15) is 0 Å². The first kappa shape index (κ1) is 15.3. The molecule has 0 fully saturated rings. The molecule has 0 spiro atoms. The maximum Gasteiger partial charge on any atom is 0.0722 e. The Morgan fingerprint density at radius 1 is 0.950 bits per heavy atom. The topological polar surface area (TPSA) is 15.3 Å². The normalized spacial score (nSPS) is 10.4. The summed E-state index contributed by atoms with van der Waals surface area (Å²) in [5, 5.41) is 4.81. The van der Waals surface area contributed by atoms with E-state index in [-0.39, 0.29) is 0 Å². The first-order chi connectivity index (χ1) is 9.47. The van der Waals surface area contributed by atoms with Crippen LogP contribution in [0.5, 0.6) is 0 Å². The highest BCUT2D eigenvalue weighted by molar-refractivity contribution is 6.41. The Labute approximate surface area is 134 Å². The van der Waals surface area contributed by atoms with E-state index >= 15 is 0 Å². The lowest BCUT2D eigenvalue weighted by Gasteiger charge is -2.14. The molecule has 0 aliphatic heterocycles. The number of benzene rings is 2. The number of halogens is 3. The third kappa shape index (κ3) is 3.72. The molecule has 5 heteroatoms. The Balaban J connectivity index is 2.09. The average Bonchev–Trinajstić information content (AvgIpc) is 2.38. The fraction of sp³-hybridized carbons (Fsp3) is 0.200. The van der Waals surface area contributed by atoms with Gasteiger partial charge in [-0.15, -0.1) is 0 Å². The van der Waals surface area contributed by atoms with Crippen LogP contribution in [0.15, 0.2) is 36.4 Å². The predicted octanol–water partition coefficient (Wildman–Crippen LogP) is 5.32. The SMILES string of the molecule is CN(C)c1ccc(CNc2c(Cl)cc(Cl)cc2Cl)cc1. The van der Waals surface area contributed by atoms with E-state index in [2.05, 4.69) is 34.5 Å². The first-order valence-corrected chi connectivity index (χ1v) is 7.25.